The van der Waals surface area contributed by atoms with Crippen LogP contribution in [0.2, 0.25) is 0 Å². The second-order valence-electron chi connectivity index (χ2n) is 7.40. The molecule has 2 rings (SSSR count). The fraction of sp³-hybridized carbons (Fsp3) is 0.500. The molecule has 0 spiro atoms. The summed E-state index contributed by atoms with van der Waals surface area (Å²) in [6, 6.07) is 9.60. The van der Waals surface area contributed by atoms with Crippen molar-refractivity contribution in [1.29, 1.82) is 0 Å². The lowest BCUT2D eigenvalue weighted by atomic mass is 10.1. The highest BCUT2D eigenvalue weighted by atomic mass is 16.6. The number of benzene rings is 1. The molecular weight excluding hydrogens is 342 g/mol. The normalized spacial score (nSPS) is 11.1. The van der Waals surface area contributed by atoms with E-state index in [1.54, 1.807) is 0 Å². The van der Waals surface area contributed by atoms with Crippen molar-refractivity contribution in [2.75, 3.05) is 29.4 Å². The SMILES string of the molecule is CCN(c1ccccc1)c1ncnc(N(CC(C)C)CC(C)C)c1[N+](=O)[O-]. The molecule has 0 atom stereocenters. The zero-order valence-corrected chi connectivity index (χ0v) is 16.8. The van der Waals surface area contributed by atoms with Crippen LogP contribution in [0.15, 0.2) is 36.7 Å². The number of nitrogens with zero attached hydrogens (tertiary/aromatic N) is 5. The van der Waals surface area contributed by atoms with E-state index < -0.39 is 0 Å². The quantitative estimate of drug-likeness (QED) is 0.471. The lowest BCUT2D eigenvalue weighted by Gasteiger charge is -2.28. The van der Waals surface area contributed by atoms with E-state index in [0.29, 0.717) is 43.1 Å². The first-order valence-electron chi connectivity index (χ1n) is 9.42. The average molecular weight is 371 g/mol. The van der Waals surface area contributed by atoms with Crippen molar-refractivity contribution in [3.63, 3.8) is 0 Å². The van der Waals surface area contributed by atoms with Gasteiger partial charge in [0.15, 0.2) is 0 Å². The number of aromatic nitrogens is 2. The van der Waals surface area contributed by atoms with Crippen LogP contribution in [-0.4, -0.2) is 34.5 Å². The van der Waals surface area contributed by atoms with Gasteiger partial charge in [-0.05, 0) is 30.9 Å². The first kappa shape index (κ1) is 20.6. The molecule has 0 aliphatic carbocycles. The third-order valence-corrected chi connectivity index (χ3v) is 4.08. The summed E-state index contributed by atoms with van der Waals surface area (Å²) in [5.74, 6) is 1.44. The molecule has 0 saturated heterocycles. The van der Waals surface area contributed by atoms with Crippen LogP contribution >= 0.6 is 0 Å². The first-order valence-corrected chi connectivity index (χ1v) is 9.42. The Morgan fingerprint density at radius 3 is 2.04 bits per heavy atom. The summed E-state index contributed by atoms with van der Waals surface area (Å²) < 4.78 is 0. The maximum atomic E-state index is 12.0. The van der Waals surface area contributed by atoms with E-state index in [1.807, 2.05) is 47.1 Å². The molecule has 0 aliphatic rings. The van der Waals surface area contributed by atoms with Crippen LogP contribution in [0, 0.1) is 22.0 Å². The topological polar surface area (TPSA) is 75.4 Å². The first-order chi connectivity index (χ1) is 12.8. The summed E-state index contributed by atoms with van der Waals surface area (Å²) in [6.07, 6.45) is 1.43. The van der Waals surface area contributed by atoms with E-state index in [-0.39, 0.29) is 10.6 Å². The Labute approximate surface area is 161 Å². The number of rotatable bonds is 9. The van der Waals surface area contributed by atoms with Gasteiger partial charge in [0.2, 0.25) is 11.6 Å². The van der Waals surface area contributed by atoms with E-state index in [4.69, 9.17) is 0 Å². The van der Waals surface area contributed by atoms with Crippen LogP contribution in [0.5, 0.6) is 0 Å². The molecule has 2 aromatic rings. The molecule has 1 heterocycles. The fourth-order valence-corrected chi connectivity index (χ4v) is 3.14. The van der Waals surface area contributed by atoms with Gasteiger partial charge in [-0.25, -0.2) is 9.97 Å². The maximum absolute atomic E-state index is 12.0. The van der Waals surface area contributed by atoms with Crippen molar-refractivity contribution < 1.29 is 4.92 Å². The van der Waals surface area contributed by atoms with Crippen LogP contribution in [0.4, 0.5) is 23.0 Å². The van der Waals surface area contributed by atoms with E-state index in [1.165, 1.54) is 6.33 Å². The van der Waals surface area contributed by atoms with Gasteiger partial charge in [-0.1, -0.05) is 45.9 Å². The Morgan fingerprint density at radius 1 is 1.00 bits per heavy atom. The molecule has 0 fully saturated rings. The molecule has 27 heavy (non-hydrogen) atoms. The highest BCUT2D eigenvalue weighted by Crippen LogP contribution is 2.37. The minimum Gasteiger partial charge on any atom is -0.350 e. The molecule has 146 valence electrons. The van der Waals surface area contributed by atoms with Crippen molar-refractivity contribution >= 4 is 23.0 Å². The van der Waals surface area contributed by atoms with E-state index in [2.05, 4.69) is 37.7 Å². The molecule has 0 N–H and O–H groups in total. The maximum Gasteiger partial charge on any atom is 0.353 e. The predicted molar refractivity (Wildman–Crippen MR) is 110 cm³/mol. The predicted octanol–water partition coefficient (Wildman–Crippen LogP) is 4.66. The Morgan fingerprint density at radius 2 is 1.56 bits per heavy atom. The van der Waals surface area contributed by atoms with Gasteiger partial charge in [0.05, 0.1) is 4.92 Å². The van der Waals surface area contributed by atoms with Crippen molar-refractivity contribution in [2.45, 2.75) is 34.6 Å². The molecule has 7 heteroatoms. The van der Waals surface area contributed by atoms with Crippen LogP contribution in [0.25, 0.3) is 0 Å². The van der Waals surface area contributed by atoms with Crippen LogP contribution < -0.4 is 9.80 Å². The lowest BCUT2D eigenvalue weighted by molar-refractivity contribution is -0.383. The lowest BCUT2D eigenvalue weighted by Crippen LogP contribution is -2.33. The largest absolute Gasteiger partial charge is 0.353 e. The van der Waals surface area contributed by atoms with Crippen molar-refractivity contribution in [3.05, 3.63) is 46.8 Å². The highest BCUT2D eigenvalue weighted by Gasteiger charge is 2.30. The van der Waals surface area contributed by atoms with Gasteiger partial charge in [-0.15, -0.1) is 0 Å². The van der Waals surface area contributed by atoms with Crippen LogP contribution in [0.1, 0.15) is 34.6 Å². The molecule has 0 aliphatic heterocycles. The Hall–Kier alpha value is -2.70. The standard InChI is InChI=1S/C20H29N5O2/c1-6-24(17-10-8-7-9-11-17)20-18(25(26)27)19(21-14-22-20)23(12-15(2)3)13-16(4)5/h7-11,14-16H,6,12-13H2,1-5H3. The zero-order chi connectivity index (χ0) is 20.0. The smallest absolute Gasteiger partial charge is 0.350 e. The fourth-order valence-electron chi connectivity index (χ4n) is 3.14. The summed E-state index contributed by atoms with van der Waals surface area (Å²) in [4.78, 5) is 24.2. The molecule has 1 aromatic heterocycles. The van der Waals surface area contributed by atoms with Gasteiger partial charge < -0.3 is 9.80 Å². The van der Waals surface area contributed by atoms with Gasteiger partial charge in [-0.2, -0.15) is 0 Å². The number of nitro groups is 1. The van der Waals surface area contributed by atoms with Gasteiger partial charge in [0.1, 0.15) is 6.33 Å². The van der Waals surface area contributed by atoms with Crippen molar-refractivity contribution in [3.8, 4) is 0 Å². The van der Waals surface area contributed by atoms with E-state index in [9.17, 15) is 10.1 Å². The molecule has 7 nitrogen and oxygen atoms in total. The minimum absolute atomic E-state index is 0.0375. The summed E-state index contributed by atoms with van der Waals surface area (Å²) in [5, 5.41) is 12.0. The monoisotopic (exact) mass is 371 g/mol. The van der Waals surface area contributed by atoms with Crippen LogP contribution in [-0.2, 0) is 0 Å². The Kier molecular flexibility index (Phi) is 7.10. The number of hydrogen-bond acceptors (Lipinski definition) is 6. The molecule has 1 aromatic carbocycles. The van der Waals surface area contributed by atoms with Gasteiger partial charge >= 0.3 is 5.69 Å². The third-order valence-electron chi connectivity index (χ3n) is 4.08. The summed E-state index contributed by atoms with van der Waals surface area (Å²) >= 11 is 0. The number of anilines is 3. The Balaban J connectivity index is 2.60. The molecule has 0 radical (unpaired) electrons. The zero-order valence-electron chi connectivity index (χ0n) is 16.8. The third kappa shape index (κ3) is 5.15. The molecule has 0 amide bonds. The second kappa shape index (κ2) is 9.30. The summed E-state index contributed by atoms with van der Waals surface area (Å²) in [7, 11) is 0. The highest BCUT2D eigenvalue weighted by molar-refractivity contribution is 5.76. The second-order valence-corrected chi connectivity index (χ2v) is 7.40. The molecule has 0 unspecified atom stereocenters. The van der Waals surface area contributed by atoms with E-state index in [0.717, 1.165) is 5.69 Å². The van der Waals surface area contributed by atoms with Gasteiger partial charge in [0.25, 0.3) is 0 Å². The number of para-hydroxylation sites is 1. The summed E-state index contributed by atoms with van der Waals surface area (Å²) in [5.41, 5.74) is 0.830. The molecule has 0 saturated carbocycles. The van der Waals surface area contributed by atoms with Crippen molar-refractivity contribution in [2.24, 2.45) is 11.8 Å². The Bertz CT molecular complexity index is 739. The van der Waals surface area contributed by atoms with Crippen LogP contribution in [0.3, 0.4) is 0 Å². The van der Waals surface area contributed by atoms with Crippen molar-refractivity contribution in [1.82, 2.24) is 9.97 Å². The molecular formula is C20H29N5O2. The number of hydrogen-bond donors (Lipinski definition) is 0. The summed E-state index contributed by atoms with van der Waals surface area (Å²) in [6.45, 7) is 12.3. The minimum atomic E-state index is -0.357. The molecule has 0 bridgehead atoms. The van der Waals surface area contributed by atoms with Gasteiger partial charge in [0, 0.05) is 25.3 Å². The van der Waals surface area contributed by atoms with E-state index >= 15 is 0 Å². The van der Waals surface area contributed by atoms with Gasteiger partial charge in [-0.3, -0.25) is 10.1 Å². The average Bonchev–Trinajstić information content (AvgIpc) is 2.61.